The van der Waals surface area contributed by atoms with Gasteiger partial charge in [-0.25, -0.2) is 22.4 Å². The Morgan fingerprint density at radius 3 is 1.88 bits per heavy atom. The lowest BCUT2D eigenvalue weighted by molar-refractivity contribution is -0.173. The van der Waals surface area contributed by atoms with Gasteiger partial charge >= 0.3 is 5.97 Å². The molecule has 1 saturated heterocycles. The summed E-state index contributed by atoms with van der Waals surface area (Å²) in [6.07, 6.45) is 4.39. The molecule has 0 bridgehead atoms. The van der Waals surface area contributed by atoms with Crippen LogP contribution in [0.2, 0.25) is 0 Å². The Kier molecular flexibility index (Phi) is 16.1. The maximum Gasteiger partial charge on any atom is 0.337 e. The highest BCUT2D eigenvalue weighted by Crippen LogP contribution is 2.48. The summed E-state index contributed by atoms with van der Waals surface area (Å²) in [6, 6.07) is 17.4. The summed E-state index contributed by atoms with van der Waals surface area (Å²) in [5, 5.41) is 21.2. The van der Waals surface area contributed by atoms with E-state index in [0.29, 0.717) is 49.7 Å². The Hall–Kier alpha value is -3.31. The highest BCUT2D eigenvalue weighted by Gasteiger charge is 2.60. The van der Waals surface area contributed by atoms with E-state index in [4.69, 9.17) is 17.0 Å². The minimum atomic E-state index is -3.24. The highest BCUT2D eigenvalue weighted by atomic mass is 32.1. The number of carboxylic acids is 1. The quantitative estimate of drug-likeness (QED) is 0.0542. The molecule has 2 N–H and O–H groups in total. The first kappa shape index (κ1) is 42.1. The predicted molar refractivity (Wildman–Crippen MR) is 195 cm³/mol. The van der Waals surface area contributed by atoms with Crippen molar-refractivity contribution in [1.29, 1.82) is 0 Å². The molecule has 0 unspecified atom stereocenters. The summed E-state index contributed by atoms with van der Waals surface area (Å²) in [7, 11) is 0. The van der Waals surface area contributed by atoms with E-state index in [-0.39, 0.29) is 23.9 Å². The lowest BCUT2D eigenvalue weighted by atomic mass is 9.75. The van der Waals surface area contributed by atoms with Gasteiger partial charge in [-0.15, -0.1) is 0 Å². The van der Waals surface area contributed by atoms with Crippen molar-refractivity contribution in [3.8, 4) is 0 Å². The SMILES string of the molecule is CCCCCCCC(F)(F)CCCCCCC=C[C@H](C(=O)N1C(=S)OC(c2ccccc2)(c2ccccc2)[C@@H]1C(C)C)[C@@](O)(CC(F)F)C(=O)O. The second-order valence-corrected chi connectivity index (χ2v) is 14.3. The van der Waals surface area contributed by atoms with Gasteiger partial charge in [0, 0.05) is 30.4 Å². The van der Waals surface area contributed by atoms with Crippen LogP contribution in [0, 0.1) is 11.8 Å². The fourth-order valence-electron chi connectivity index (χ4n) is 7.06. The Morgan fingerprint density at radius 1 is 0.902 bits per heavy atom. The number of hydrogen-bond donors (Lipinski definition) is 2. The number of alkyl halides is 4. The molecule has 282 valence electrons. The van der Waals surface area contributed by atoms with Crippen LogP contribution in [0.25, 0.3) is 0 Å². The van der Waals surface area contributed by atoms with Crippen LogP contribution < -0.4 is 0 Å². The van der Waals surface area contributed by atoms with Crippen LogP contribution >= 0.6 is 12.2 Å². The molecule has 1 aliphatic rings. The number of hydrogen-bond acceptors (Lipinski definition) is 5. The summed E-state index contributed by atoms with van der Waals surface area (Å²) in [5.41, 5.74) is -3.14. The topological polar surface area (TPSA) is 87.1 Å². The first-order valence-electron chi connectivity index (χ1n) is 18.2. The van der Waals surface area contributed by atoms with Crippen molar-refractivity contribution in [2.45, 2.75) is 134 Å². The molecule has 0 radical (unpaired) electrons. The number of aliphatic hydroxyl groups is 1. The summed E-state index contributed by atoms with van der Waals surface area (Å²) >= 11 is 5.65. The first-order chi connectivity index (χ1) is 24.2. The molecule has 1 heterocycles. The van der Waals surface area contributed by atoms with Gasteiger partial charge in [0.05, 0.1) is 12.0 Å². The molecule has 1 amide bonds. The number of carbonyl (C=O) groups excluding carboxylic acids is 1. The lowest BCUT2D eigenvalue weighted by Crippen LogP contribution is -2.57. The van der Waals surface area contributed by atoms with E-state index in [0.717, 1.165) is 36.7 Å². The van der Waals surface area contributed by atoms with Crippen molar-refractivity contribution in [2.24, 2.45) is 11.8 Å². The molecule has 3 atom stereocenters. The fraction of sp³-hybridized carbons (Fsp3) is 0.575. The third-order valence-corrected chi connectivity index (χ3v) is 9.95. The van der Waals surface area contributed by atoms with Crippen molar-refractivity contribution in [1.82, 2.24) is 4.90 Å². The van der Waals surface area contributed by atoms with Crippen molar-refractivity contribution < 1.29 is 42.1 Å². The van der Waals surface area contributed by atoms with Crippen molar-refractivity contribution in [3.05, 3.63) is 83.9 Å². The Labute approximate surface area is 305 Å². The summed E-state index contributed by atoms with van der Waals surface area (Å²) in [6.45, 7) is 5.77. The normalized spacial score (nSPS) is 18.0. The van der Waals surface area contributed by atoms with Crippen LogP contribution in [0.15, 0.2) is 72.8 Å². The molecule has 11 heteroatoms. The summed E-state index contributed by atoms with van der Waals surface area (Å²) in [4.78, 5) is 28.2. The number of ether oxygens (including phenoxy) is 1. The van der Waals surface area contributed by atoms with Crippen LogP contribution in [0.5, 0.6) is 0 Å². The Bertz CT molecular complexity index is 1380. The van der Waals surface area contributed by atoms with Crippen LogP contribution in [0.4, 0.5) is 17.6 Å². The molecule has 0 aromatic heterocycles. The van der Waals surface area contributed by atoms with Gasteiger partial charge in [-0.3, -0.25) is 9.69 Å². The van der Waals surface area contributed by atoms with Gasteiger partial charge in [-0.1, -0.05) is 132 Å². The van der Waals surface area contributed by atoms with E-state index in [2.05, 4.69) is 6.92 Å². The van der Waals surface area contributed by atoms with Crippen molar-refractivity contribution in [2.75, 3.05) is 0 Å². The number of carbonyl (C=O) groups is 2. The smallest absolute Gasteiger partial charge is 0.337 e. The molecular weight excluding hydrogens is 683 g/mol. The molecule has 1 aliphatic heterocycles. The lowest BCUT2D eigenvalue weighted by Gasteiger charge is -2.39. The molecule has 2 aromatic carbocycles. The van der Waals surface area contributed by atoms with Gasteiger partial charge in [0.25, 0.3) is 5.17 Å². The molecular formula is C40H53F4NO5S. The average molecular weight is 736 g/mol. The van der Waals surface area contributed by atoms with Gasteiger partial charge in [-0.2, -0.15) is 0 Å². The standard InChI is InChI=1S/C40H53F4NO5S/c1-4-5-6-10-19-26-38(43,44)27-20-11-8-7-9-18-25-32(39(49,36(47)48)28-33(41)42)35(46)45-34(29(2)3)40(50-37(45)51,30-21-14-12-15-22-30)31-23-16-13-17-24-31/h12-18,21-25,29,32-34,49H,4-11,19-20,26-28H2,1-3H3,(H,47,48)/t32-,34+,39+/m1/s1. The number of halogens is 4. The minimum absolute atomic E-state index is 0.110. The van der Waals surface area contributed by atoms with Gasteiger partial charge < -0.3 is 14.9 Å². The third-order valence-electron chi connectivity index (χ3n) is 9.67. The summed E-state index contributed by atoms with van der Waals surface area (Å²) in [5.74, 6) is -7.93. The van der Waals surface area contributed by atoms with Gasteiger partial charge in [-0.05, 0) is 43.8 Å². The number of carboxylic acid groups (broad SMARTS) is 1. The zero-order valence-electron chi connectivity index (χ0n) is 29.9. The zero-order valence-corrected chi connectivity index (χ0v) is 30.7. The molecule has 2 aromatic rings. The van der Waals surface area contributed by atoms with E-state index in [1.54, 1.807) is 0 Å². The maximum absolute atomic E-state index is 14.5. The molecule has 0 saturated carbocycles. The first-order valence-corrected chi connectivity index (χ1v) is 18.6. The van der Waals surface area contributed by atoms with Crippen molar-refractivity contribution >= 4 is 29.3 Å². The zero-order chi connectivity index (χ0) is 37.7. The number of allylic oxidation sites excluding steroid dienone is 1. The van der Waals surface area contributed by atoms with Crippen LogP contribution in [0.1, 0.15) is 115 Å². The number of unbranched alkanes of at least 4 members (excludes halogenated alkanes) is 8. The van der Waals surface area contributed by atoms with Gasteiger partial charge in [0.1, 0.15) is 0 Å². The second kappa shape index (κ2) is 19.5. The fourth-order valence-corrected chi connectivity index (χ4v) is 7.39. The molecule has 51 heavy (non-hydrogen) atoms. The maximum atomic E-state index is 14.5. The highest BCUT2D eigenvalue weighted by molar-refractivity contribution is 7.80. The molecule has 6 nitrogen and oxygen atoms in total. The van der Waals surface area contributed by atoms with Crippen molar-refractivity contribution in [3.63, 3.8) is 0 Å². The largest absolute Gasteiger partial charge is 0.479 e. The monoisotopic (exact) mass is 735 g/mol. The van der Waals surface area contributed by atoms with E-state index < -0.39 is 53.8 Å². The second-order valence-electron chi connectivity index (χ2n) is 13.9. The van der Waals surface area contributed by atoms with Gasteiger partial charge in [0.15, 0.2) is 11.2 Å². The van der Waals surface area contributed by atoms with E-state index >= 15 is 0 Å². The minimum Gasteiger partial charge on any atom is -0.479 e. The van der Waals surface area contributed by atoms with Gasteiger partial charge in [0.2, 0.25) is 18.3 Å². The van der Waals surface area contributed by atoms with E-state index in [9.17, 15) is 37.4 Å². The molecule has 0 spiro atoms. The molecule has 0 aliphatic carbocycles. The number of benzene rings is 2. The van der Waals surface area contributed by atoms with Crippen LogP contribution in [-0.2, 0) is 19.9 Å². The van der Waals surface area contributed by atoms with E-state index in [1.165, 1.54) is 6.08 Å². The number of nitrogens with zero attached hydrogens (tertiary/aromatic N) is 1. The number of aliphatic carboxylic acids is 1. The Morgan fingerprint density at radius 2 is 1.41 bits per heavy atom. The third kappa shape index (κ3) is 10.9. The molecule has 1 fully saturated rings. The van der Waals surface area contributed by atoms with E-state index in [1.807, 2.05) is 74.5 Å². The van der Waals surface area contributed by atoms with Crippen LogP contribution in [0.3, 0.4) is 0 Å². The van der Waals surface area contributed by atoms with Crippen LogP contribution in [-0.4, -0.2) is 56.2 Å². The average Bonchev–Trinajstić information content (AvgIpc) is 3.41. The summed E-state index contributed by atoms with van der Waals surface area (Å²) < 4.78 is 62.7. The number of thiocarbonyl (C=S) groups is 1. The predicted octanol–water partition coefficient (Wildman–Crippen LogP) is 10.1. The Balaban J connectivity index is 1.83. The number of amides is 1. The molecule has 3 rings (SSSR count). The number of rotatable bonds is 22.